The fourth-order valence-electron chi connectivity index (χ4n) is 3.07. The first kappa shape index (κ1) is 14.4. The zero-order valence-corrected chi connectivity index (χ0v) is 11.8. The van der Waals surface area contributed by atoms with Gasteiger partial charge in [0.15, 0.2) is 0 Å². The third kappa shape index (κ3) is 5.58. The van der Waals surface area contributed by atoms with E-state index in [9.17, 15) is 0 Å². The van der Waals surface area contributed by atoms with E-state index >= 15 is 0 Å². The van der Waals surface area contributed by atoms with Crippen LogP contribution in [0.25, 0.3) is 0 Å². The Hall–Kier alpha value is 0.310. The maximum Gasteiger partial charge on any atom is 0.00397 e. The van der Waals surface area contributed by atoms with Gasteiger partial charge in [-0.2, -0.15) is 12.6 Å². The predicted molar refractivity (Wildman–Crippen MR) is 76.3 cm³/mol. The van der Waals surface area contributed by atoms with Crippen LogP contribution in [0.3, 0.4) is 0 Å². The van der Waals surface area contributed by atoms with Crippen molar-refractivity contribution in [2.24, 2.45) is 11.8 Å². The highest BCUT2D eigenvalue weighted by molar-refractivity contribution is 7.80. The number of nitrogens with one attached hydrogen (secondary N) is 1. The van der Waals surface area contributed by atoms with Gasteiger partial charge in [0.2, 0.25) is 0 Å². The molecule has 0 aromatic rings. The molecule has 0 aliphatic heterocycles. The monoisotopic (exact) mass is 243 g/mol. The van der Waals surface area contributed by atoms with Gasteiger partial charge in [-0.15, -0.1) is 0 Å². The summed E-state index contributed by atoms with van der Waals surface area (Å²) in [6, 6.07) is 0. The van der Waals surface area contributed by atoms with Crippen molar-refractivity contribution in [3.63, 3.8) is 0 Å². The second-order valence-electron chi connectivity index (χ2n) is 5.18. The Balaban J connectivity index is 2.10. The molecule has 1 rings (SSSR count). The highest BCUT2D eigenvalue weighted by Crippen LogP contribution is 2.33. The van der Waals surface area contributed by atoms with Gasteiger partial charge in [-0.3, -0.25) is 0 Å². The van der Waals surface area contributed by atoms with Gasteiger partial charge in [0.05, 0.1) is 0 Å². The lowest BCUT2D eigenvalue weighted by molar-refractivity contribution is 0.226. The molecule has 1 saturated carbocycles. The van der Waals surface area contributed by atoms with E-state index in [0.717, 1.165) is 24.1 Å². The topological polar surface area (TPSA) is 12.0 Å². The Kier molecular flexibility index (Phi) is 8.40. The zero-order valence-electron chi connectivity index (χ0n) is 10.9. The Bertz CT molecular complexity index is 155. The van der Waals surface area contributed by atoms with Crippen LogP contribution < -0.4 is 5.32 Å². The molecule has 0 spiro atoms. The highest BCUT2D eigenvalue weighted by atomic mass is 32.1. The van der Waals surface area contributed by atoms with Crippen LogP contribution in [0, 0.1) is 11.8 Å². The van der Waals surface area contributed by atoms with E-state index in [4.69, 9.17) is 0 Å². The minimum atomic E-state index is 0.958. The van der Waals surface area contributed by atoms with Crippen molar-refractivity contribution < 1.29 is 0 Å². The van der Waals surface area contributed by atoms with Crippen molar-refractivity contribution in [2.45, 2.75) is 58.3 Å². The van der Waals surface area contributed by atoms with Crippen molar-refractivity contribution >= 4 is 12.6 Å². The number of thiol groups is 1. The van der Waals surface area contributed by atoms with Crippen LogP contribution in [-0.4, -0.2) is 18.8 Å². The first-order valence-electron chi connectivity index (χ1n) is 7.20. The normalized spacial score (nSPS) is 19.9. The van der Waals surface area contributed by atoms with Gasteiger partial charge in [-0.05, 0) is 31.2 Å². The molecule has 0 aromatic heterocycles. The molecular weight excluding hydrogens is 214 g/mol. The molecule has 16 heavy (non-hydrogen) atoms. The van der Waals surface area contributed by atoms with E-state index in [1.165, 1.54) is 57.9 Å². The van der Waals surface area contributed by atoms with Gasteiger partial charge in [0.25, 0.3) is 0 Å². The molecule has 1 fully saturated rings. The summed E-state index contributed by atoms with van der Waals surface area (Å²) >= 11 is 4.20. The first-order chi connectivity index (χ1) is 7.88. The van der Waals surface area contributed by atoms with E-state index in [1.54, 1.807) is 0 Å². The van der Waals surface area contributed by atoms with Gasteiger partial charge >= 0.3 is 0 Å². The average Bonchev–Trinajstić information content (AvgIpc) is 2.35. The lowest BCUT2D eigenvalue weighted by atomic mass is 9.77. The Labute approximate surface area is 107 Å². The molecule has 96 valence electrons. The molecule has 0 amide bonds. The predicted octanol–water partition coefficient (Wildman–Crippen LogP) is 3.89. The third-order valence-electron chi connectivity index (χ3n) is 4.06. The average molecular weight is 243 g/mol. The van der Waals surface area contributed by atoms with Gasteiger partial charge in [-0.1, -0.05) is 45.4 Å². The molecule has 0 aromatic carbocycles. The Morgan fingerprint density at radius 3 is 2.56 bits per heavy atom. The summed E-state index contributed by atoms with van der Waals surface area (Å²) < 4.78 is 0. The second kappa shape index (κ2) is 9.35. The van der Waals surface area contributed by atoms with Crippen molar-refractivity contribution in [3.05, 3.63) is 0 Å². The molecule has 1 aliphatic rings. The maximum atomic E-state index is 4.20. The lowest BCUT2D eigenvalue weighted by Crippen LogP contribution is -2.21. The smallest absolute Gasteiger partial charge is 0.00397 e. The van der Waals surface area contributed by atoms with Crippen LogP contribution in [0.15, 0.2) is 0 Å². The van der Waals surface area contributed by atoms with E-state index in [0.29, 0.717) is 0 Å². The SMILES string of the molecule is CC[C@H](CCCNCCS)C1CCCCC1. The van der Waals surface area contributed by atoms with Crippen molar-refractivity contribution in [1.82, 2.24) is 5.32 Å². The molecule has 0 unspecified atom stereocenters. The van der Waals surface area contributed by atoms with E-state index in [2.05, 4.69) is 24.9 Å². The molecule has 2 heteroatoms. The fourth-order valence-corrected chi connectivity index (χ4v) is 3.23. The molecule has 1 nitrogen and oxygen atoms in total. The summed E-state index contributed by atoms with van der Waals surface area (Å²) in [4.78, 5) is 0. The first-order valence-corrected chi connectivity index (χ1v) is 7.83. The van der Waals surface area contributed by atoms with Crippen molar-refractivity contribution in [3.8, 4) is 0 Å². The molecule has 0 radical (unpaired) electrons. The Morgan fingerprint density at radius 2 is 1.94 bits per heavy atom. The summed E-state index contributed by atoms with van der Waals surface area (Å²) in [5.74, 6) is 3.00. The van der Waals surface area contributed by atoms with E-state index in [1.807, 2.05) is 0 Å². The third-order valence-corrected chi connectivity index (χ3v) is 4.28. The van der Waals surface area contributed by atoms with Gasteiger partial charge in [0.1, 0.15) is 0 Å². The van der Waals surface area contributed by atoms with Crippen molar-refractivity contribution in [1.29, 1.82) is 0 Å². The molecule has 1 aliphatic carbocycles. The quantitative estimate of drug-likeness (QED) is 0.487. The zero-order chi connectivity index (χ0) is 11.6. The van der Waals surface area contributed by atoms with Crippen molar-refractivity contribution in [2.75, 3.05) is 18.8 Å². The molecular formula is C14H29NS. The minimum absolute atomic E-state index is 0.958. The number of rotatable bonds is 8. The van der Waals surface area contributed by atoms with Crippen LogP contribution in [0.5, 0.6) is 0 Å². The number of hydrogen-bond acceptors (Lipinski definition) is 2. The van der Waals surface area contributed by atoms with Crippen LogP contribution in [0.2, 0.25) is 0 Å². The minimum Gasteiger partial charge on any atom is -0.316 e. The van der Waals surface area contributed by atoms with Crippen LogP contribution in [-0.2, 0) is 0 Å². The van der Waals surface area contributed by atoms with Gasteiger partial charge in [-0.25, -0.2) is 0 Å². The molecule has 0 bridgehead atoms. The summed E-state index contributed by atoms with van der Waals surface area (Å²) in [6.45, 7) is 4.62. The summed E-state index contributed by atoms with van der Waals surface area (Å²) in [5.41, 5.74) is 0. The van der Waals surface area contributed by atoms with E-state index < -0.39 is 0 Å². The largest absolute Gasteiger partial charge is 0.316 e. The van der Waals surface area contributed by atoms with Crippen LogP contribution >= 0.6 is 12.6 Å². The number of hydrogen-bond donors (Lipinski definition) is 2. The fraction of sp³-hybridized carbons (Fsp3) is 1.00. The molecule has 1 N–H and O–H groups in total. The summed E-state index contributed by atoms with van der Waals surface area (Å²) in [7, 11) is 0. The highest BCUT2D eigenvalue weighted by Gasteiger charge is 2.21. The second-order valence-corrected chi connectivity index (χ2v) is 5.63. The summed E-state index contributed by atoms with van der Waals surface area (Å²) in [6.07, 6.45) is 11.6. The van der Waals surface area contributed by atoms with Gasteiger partial charge < -0.3 is 5.32 Å². The maximum absolute atomic E-state index is 4.20. The van der Waals surface area contributed by atoms with E-state index in [-0.39, 0.29) is 0 Å². The lowest BCUT2D eigenvalue weighted by Gasteiger charge is -2.29. The molecule has 0 heterocycles. The molecule has 1 atom stereocenters. The van der Waals surface area contributed by atoms with Gasteiger partial charge in [0, 0.05) is 12.3 Å². The Morgan fingerprint density at radius 1 is 1.19 bits per heavy atom. The van der Waals surface area contributed by atoms with Crippen LogP contribution in [0.1, 0.15) is 58.3 Å². The standard InChI is InChI=1S/C14H29NS/c1-2-13(9-6-10-15-11-12-16)14-7-4-3-5-8-14/h13-16H,2-12H2,1H3/t13-/m1/s1. The molecule has 0 saturated heterocycles. The van der Waals surface area contributed by atoms with Crippen LogP contribution in [0.4, 0.5) is 0 Å². The summed E-state index contributed by atoms with van der Waals surface area (Å²) in [5, 5.41) is 3.44.